The Labute approximate surface area is 148 Å². The van der Waals surface area contributed by atoms with E-state index < -0.39 is 0 Å². The molecule has 0 saturated heterocycles. The standard InChI is InChI=1S/C18H15ClN4S/c1-12(15-11-23-16(19)8-5-9-17(23)21-15)24-18-20-10-14(22-18)13-6-3-2-4-7-13/h2-12H,1H3,(H,20,22). The number of aromatic nitrogens is 4. The minimum Gasteiger partial charge on any atom is -0.339 e. The molecule has 120 valence electrons. The third-order valence-electron chi connectivity index (χ3n) is 3.79. The van der Waals surface area contributed by atoms with Gasteiger partial charge in [0.25, 0.3) is 0 Å². The fourth-order valence-corrected chi connectivity index (χ4v) is 3.60. The van der Waals surface area contributed by atoms with E-state index in [2.05, 4.69) is 34.0 Å². The van der Waals surface area contributed by atoms with Crippen LogP contribution in [0.4, 0.5) is 0 Å². The van der Waals surface area contributed by atoms with Crippen molar-refractivity contribution in [3.05, 3.63) is 71.8 Å². The highest BCUT2D eigenvalue weighted by molar-refractivity contribution is 7.99. The van der Waals surface area contributed by atoms with E-state index in [4.69, 9.17) is 11.6 Å². The van der Waals surface area contributed by atoms with Gasteiger partial charge in [-0.3, -0.25) is 4.40 Å². The van der Waals surface area contributed by atoms with E-state index in [0.29, 0.717) is 5.15 Å². The highest BCUT2D eigenvalue weighted by Crippen LogP contribution is 2.34. The van der Waals surface area contributed by atoms with E-state index in [0.717, 1.165) is 27.8 Å². The zero-order valence-electron chi connectivity index (χ0n) is 13.0. The van der Waals surface area contributed by atoms with Crippen molar-refractivity contribution in [3.63, 3.8) is 0 Å². The van der Waals surface area contributed by atoms with Crippen LogP contribution < -0.4 is 0 Å². The van der Waals surface area contributed by atoms with Crippen molar-refractivity contribution in [1.82, 2.24) is 19.4 Å². The summed E-state index contributed by atoms with van der Waals surface area (Å²) in [4.78, 5) is 12.6. The van der Waals surface area contributed by atoms with Crippen LogP contribution >= 0.6 is 23.4 Å². The molecule has 0 saturated carbocycles. The summed E-state index contributed by atoms with van der Waals surface area (Å²) in [5.74, 6) is 0. The molecule has 1 atom stereocenters. The van der Waals surface area contributed by atoms with E-state index in [1.807, 2.05) is 53.2 Å². The first-order valence-electron chi connectivity index (χ1n) is 7.62. The molecule has 0 aliphatic rings. The SMILES string of the molecule is CC(Sc1nc(-c2ccccc2)c[nH]1)c1cn2c(Cl)cccc2n1. The van der Waals surface area contributed by atoms with Crippen LogP contribution in [0.5, 0.6) is 0 Å². The van der Waals surface area contributed by atoms with Crippen molar-refractivity contribution in [1.29, 1.82) is 0 Å². The Hall–Kier alpha value is -2.24. The summed E-state index contributed by atoms with van der Waals surface area (Å²) >= 11 is 7.85. The van der Waals surface area contributed by atoms with Gasteiger partial charge in [0.1, 0.15) is 10.8 Å². The van der Waals surface area contributed by atoms with Gasteiger partial charge in [-0.1, -0.05) is 59.8 Å². The van der Waals surface area contributed by atoms with Crippen LogP contribution in [-0.4, -0.2) is 19.4 Å². The number of pyridine rings is 1. The lowest BCUT2D eigenvalue weighted by atomic mass is 10.2. The third kappa shape index (κ3) is 2.92. The zero-order valence-corrected chi connectivity index (χ0v) is 14.6. The molecule has 4 rings (SSSR count). The van der Waals surface area contributed by atoms with E-state index >= 15 is 0 Å². The topological polar surface area (TPSA) is 46.0 Å². The first-order chi connectivity index (χ1) is 11.7. The van der Waals surface area contributed by atoms with Gasteiger partial charge in [0, 0.05) is 18.0 Å². The maximum atomic E-state index is 6.20. The van der Waals surface area contributed by atoms with Crippen LogP contribution in [0, 0.1) is 0 Å². The van der Waals surface area contributed by atoms with Gasteiger partial charge in [-0.2, -0.15) is 0 Å². The monoisotopic (exact) mass is 354 g/mol. The summed E-state index contributed by atoms with van der Waals surface area (Å²) < 4.78 is 1.89. The largest absolute Gasteiger partial charge is 0.339 e. The van der Waals surface area contributed by atoms with Crippen molar-refractivity contribution < 1.29 is 0 Å². The normalized spacial score (nSPS) is 12.6. The van der Waals surface area contributed by atoms with E-state index in [-0.39, 0.29) is 5.25 Å². The summed E-state index contributed by atoms with van der Waals surface area (Å²) in [7, 11) is 0. The molecular formula is C18H15ClN4S. The van der Waals surface area contributed by atoms with Gasteiger partial charge in [-0.15, -0.1) is 0 Å². The summed E-state index contributed by atoms with van der Waals surface area (Å²) in [5.41, 5.74) is 3.89. The number of benzene rings is 1. The van der Waals surface area contributed by atoms with Gasteiger partial charge in [-0.05, 0) is 19.1 Å². The molecule has 3 aromatic heterocycles. The first kappa shape index (κ1) is 15.3. The molecular weight excluding hydrogens is 340 g/mol. The fraction of sp³-hybridized carbons (Fsp3) is 0.111. The van der Waals surface area contributed by atoms with E-state index in [1.165, 1.54) is 0 Å². The second-order valence-electron chi connectivity index (χ2n) is 5.46. The minimum atomic E-state index is 0.163. The number of thioether (sulfide) groups is 1. The Kier molecular flexibility index (Phi) is 4.04. The molecule has 0 aliphatic carbocycles. The second-order valence-corrected chi connectivity index (χ2v) is 7.18. The zero-order chi connectivity index (χ0) is 16.5. The van der Waals surface area contributed by atoms with Gasteiger partial charge < -0.3 is 4.98 Å². The van der Waals surface area contributed by atoms with Crippen molar-refractivity contribution in [2.24, 2.45) is 0 Å². The number of hydrogen-bond acceptors (Lipinski definition) is 3. The van der Waals surface area contributed by atoms with Gasteiger partial charge in [-0.25, -0.2) is 9.97 Å². The van der Waals surface area contributed by atoms with Gasteiger partial charge in [0.15, 0.2) is 5.16 Å². The molecule has 0 radical (unpaired) electrons. The van der Waals surface area contributed by atoms with Crippen LogP contribution in [0.25, 0.3) is 16.9 Å². The molecule has 24 heavy (non-hydrogen) atoms. The van der Waals surface area contributed by atoms with Crippen LogP contribution in [0.3, 0.4) is 0 Å². The average molecular weight is 355 g/mol. The number of imidazole rings is 2. The molecule has 1 N–H and O–H groups in total. The van der Waals surface area contributed by atoms with Gasteiger partial charge in [0.2, 0.25) is 0 Å². The Balaban J connectivity index is 1.56. The number of nitrogens with one attached hydrogen (secondary N) is 1. The number of halogens is 1. The third-order valence-corrected chi connectivity index (χ3v) is 5.13. The fourth-order valence-electron chi connectivity index (χ4n) is 2.54. The number of nitrogens with zero attached hydrogens (tertiary/aromatic N) is 3. The molecule has 4 aromatic rings. The van der Waals surface area contributed by atoms with Gasteiger partial charge in [0.05, 0.1) is 16.6 Å². The number of rotatable bonds is 4. The molecule has 0 fully saturated rings. The highest BCUT2D eigenvalue weighted by atomic mass is 35.5. The maximum Gasteiger partial charge on any atom is 0.166 e. The summed E-state index contributed by atoms with van der Waals surface area (Å²) in [6.07, 6.45) is 3.92. The van der Waals surface area contributed by atoms with E-state index in [9.17, 15) is 0 Å². The quantitative estimate of drug-likeness (QED) is 0.403. The van der Waals surface area contributed by atoms with Crippen molar-refractivity contribution in [2.45, 2.75) is 17.3 Å². The Morgan fingerprint density at radius 2 is 1.92 bits per heavy atom. The number of hydrogen-bond donors (Lipinski definition) is 1. The molecule has 4 nitrogen and oxygen atoms in total. The molecule has 1 aromatic carbocycles. The number of aromatic amines is 1. The van der Waals surface area contributed by atoms with Crippen LogP contribution in [0.1, 0.15) is 17.9 Å². The van der Waals surface area contributed by atoms with Crippen molar-refractivity contribution in [2.75, 3.05) is 0 Å². The first-order valence-corrected chi connectivity index (χ1v) is 8.87. The minimum absolute atomic E-state index is 0.163. The Bertz CT molecular complexity index is 977. The van der Waals surface area contributed by atoms with Crippen molar-refractivity contribution >= 4 is 29.0 Å². The Morgan fingerprint density at radius 1 is 1.08 bits per heavy atom. The molecule has 1 unspecified atom stereocenters. The number of fused-ring (bicyclic) bond motifs is 1. The van der Waals surface area contributed by atoms with Crippen LogP contribution in [-0.2, 0) is 0 Å². The lowest BCUT2D eigenvalue weighted by Gasteiger charge is -2.04. The summed E-state index contributed by atoms with van der Waals surface area (Å²) in [5, 5.41) is 1.70. The number of H-pyrrole nitrogens is 1. The van der Waals surface area contributed by atoms with E-state index in [1.54, 1.807) is 11.8 Å². The smallest absolute Gasteiger partial charge is 0.166 e. The molecule has 6 heteroatoms. The van der Waals surface area contributed by atoms with Gasteiger partial charge >= 0.3 is 0 Å². The summed E-state index contributed by atoms with van der Waals surface area (Å²) in [6.45, 7) is 2.12. The second kappa shape index (κ2) is 6.34. The summed E-state index contributed by atoms with van der Waals surface area (Å²) in [6, 6.07) is 15.9. The molecule has 3 heterocycles. The highest BCUT2D eigenvalue weighted by Gasteiger charge is 2.15. The maximum absolute atomic E-state index is 6.20. The Morgan fingerprint density at radius 3 is 2.71 bits per heavy atom. The lowest BCUT2D eigenvalue weighted by Crippen LogP contribution is -1.89. The molecule has 0 amide bonds. The molecule has 0 aliphatic heterocycles. The molecule has 0 spiro atoms. The molecule has 0 bridgehead atoms. The van der Waals surface area contributed by atoms with Crippen LogP contribution in [0.2, 0.25) is 5.15 Å². The predicted octanol–water partition coefficient (Wildman–Crippen LogP) is 5.23. The average Bonchev–Trinajstić information content (AvgIpc) is 3.23. The van der Waals surface area contributed by atoms with Crippen LogP contribution in [0.15, 0.2) is 66.1 Å². The van der Waals surface area contributed by atoms with Crippen molar-refractivity contribution in [3.8, 4) is 11.3 Å². The lowest BCUT2D eigenvalue weighted by molar-refractivity contribution is 0.995. The predicted molar refractivity (Wildman–Crippen MR) is 98.5 cm³/mol.